The van der Waals surface area contributed by atoms with Crippen LogP contribution >= 0.6 is 0 Å². The third-order valence-electron chi connectivity index (χ3n) is 3.75. The molecule has 0 amide bonds. The molecule has 1 aromatic carbocycles. The number of nitrogens with zero attached hydrogens (tertiary/aromatic N) is 2. The van der Waals surface area contributed by atoms with Gasteiger partial charge in [-0.25, -0.2) is 14.4 Å². The zero-order chi connectivity index (χ0) is 13.8. The van der Waals surface area contributed by atoms with Crippen molar-refractivity contribution in [3.63, 3.8) is 0 Å². The van der Waals surface area contributed by atoms with Gasteiger partial charge in [-0.05, 0) is 43.4 Å². The number of aryl methyl sites for hydroxylation is 1. The summed E-state index contributed by atoms with van der Waals surface area (Å²) in [5, 5.41) is 3.36. The normalized spacial score (nSPS) is 14.4. The van der Waals surface area contributed by atoms with E-state index in [0.717, 1.165) is 24.2 Å². The second-order valence-electron chi connectivity index (χ2n) is 5.19. The molecular weight excluding hydrogens is 253 g/mol. The van der Waals surface area contributed by atoms with Crippen LogP contribution in [0.5, 0.6) is 0 Å². The summed E-state index contributed by atoms with van der Waals surface area (Å²) in [6, 6.07) is 6.55. The number of halogens is 1. The Morgan fingerprint density at radius 3 is 2.65 bits per heavy atom. The van der Waals surface area contributed by atoms with Crippen LogP contribution in [0.2, 0.25) is 0 Å². The molecule has 3 nitrogen and oxygen atoms in total. The average Bonchev–Trinajstić information content (AvgIpc) is 2.72. The average molecular weight is 271 g/mol. The van der Waals surface area contributed by atoms with Crippen LogP contribution in [0, 0.1) is 5.82 Å². The maximum atomic E-state index is 12.9. The van der Waals surface area contributed by atoms with Gasteiger partial charge in [-0.3, -0.25) is 0 Å². The number of hydrogen-bond donors (Lipinski definition) is 1. The van der Waals surface area contributed by atoms with E-state index in [1.165, 1.54) is 42.7 Å². The molecule has 0 atom stereocenters. The monoisotopic (exact) mass is 271 g/mol. The third kappa shape index (κ3) is 2.95. The minimum Gasteiger partial charge on any atom is -0.366 e. The molecule has 0 fully saturated rings. The van der Waals surface area contributed by atoms with Crippen molar-refractivity contribution in [3.05, 3.63) is 53.2 Å². The number of aromatic nitrogens is 2. The highest BCUT2D eigenvalue weighted by molar-refractivity contribution is 5.47. The molecule has 20 heavy (non-hydrogen) atoms. The van der Waals surface area contributed by atoms with E-state index in [9.17, 15) is 4.39 Å². The molecule has 4 heteroatoms. The van der Waals surface area contributed by atoms with Crippen LogP contribution < -0.4 is 5.32 Å². The predicted octanol–water partition coefficient (Wildman–Crippen LogP) is 3.50. The summed E-state index contributed by atoms with van der Waals surface area (Å²) >= 11 is 0. The Bertz CT molecular complexity index is 581. The summed E-state index contributed by atoms with van der Waals surface area (Å²) in [4.78, 5) is 8.78. The van der Waals surface area contributed by atoms with E-state index in [2.05, 4.69) is 15.3 Å². The topological polar surface area (TPSA) is 37.8 Å². The predicted molar refractivity (Wildman–Crippen MR) is 77.0 cm³/mol. The molecule has 0 aliphatic heterocycles. The summed E-state index contributed by atoms with van der Waals surface area (Å²) < 4.78 is 12.9. The van der Waals surface area contributed by atoms with Crippen LogP contribution in [0.25, 0.3) is 0 Å². The van der Waals surface area contributed by atoms with Crippen molar-refractivity contribution in [2.24, 2.45) is 0 Å². The molecule has 0 radical (unpaired) electrons. The highest BCUT2D eigenvalue weighted by Crippen LogP contribution is 2.24. The largest absolute Gasteiger partial charge is 0.366 e. The Labute approximate surface area is 118 Å². The van der Waals surface area contributed by atoms with Gasteiger partial charge in [-0.1, -0.05) is 18.6 Å². The number of benzene rings is 1. The minimum atomic E-state index is -0.204. The van der Waals surface area contributed by atoms with Crippen molar-refractivity contribution in [2.75, 3.05) is 5.32 Å². The molecule has 0 saturated heterocycles. The van der Waals surface area contributed by atoms with Gasteiger partial charge in [-0.2, -0.15) is 0 Å². The summed E-state index contributed by atoms with van der Waals surface area (Å²) in [6.07, 6.45) is 7.39. The van der Waals surface area contributed by atoms with Gasteiger partial charge in [0.15, 0.2) is 0 Å². The fourth-order valence-electron chi connectivity index (χ4n) is 2.64. The van der Waals surface area contributed by atoms with Crippen molar-refractivity contribution in [3.8, 4) is 0 Å². The van der Waals surface area contributed by atoms with E-state index < -0.39 is 0 Å². The second kappa shape index (κ2) is 5.99. The van der Waals surface area contributed by atoms with Crippen LogP contribution in [0.3, 0.4) is 0 Å². The van der Waals surface area contributed by atoms with Crippen LogP contribution in [-0.4, -0.2) is 9.97 Å². The summed E-state index contributed by atoms with van der Waals surface area (Å²) in [5.41, 5.74) is 3.48. The number of hydrogen-bond acceptors (Lipinski definition) is 3. The van der Waals surface area contributed by atoms with E-state index in [-0.39, 0.29) is 5.82 Å². The lowest BCUT2D eigenvalue weighted by molar-refractivity contribution is 0.627. The Morgan fingerprint density at radius 2 is 1.80 bits per heavy atom. The van der Waals surface area contributed by atoms with Gasteiger partial charge in [0.05, 0.1) is 0 Å². The van der Waals surface area contributed by atoms with E-state index in [0.29, 0.717) is 6.54 Å². The highest BCUT2D eigenvalue weighted by Gasteiger charge is 2.13. The van der Waals surface area contributed by atoms with E-state index >= 15 is 0 Å². The third-order valence-corrected chi connectivity index (χ3v) is 3.75. The van der Waals surface area contributed by atoms with E-state index in [1.54, 1.807) is 18.5 Å². The van der Waals surface area contributed by atoms with Gasteiger partial charge in [0.1, 0.15) is 18.0 Å². The van der Waals surface area contributed by atoms with Gasteiger partial charge in [-0.15, -0.1) is 0 Å². The van der Waals surface area contributed by atoms with E-state index in [1.807, 2.05) is 0 Å². The van der Waals surface area contributed by atoms with Gasteiger partial charge in [0.2, 0.25) is 0 Å². The molecule has 104 valence electrons. The lowest BCUT2D eigenvalue weighted by atomic mass is 10.1. The van der Waals surface area contributed by atoms with Gasteiger partial charge in [0, 0.05) is 17.8 Å². The quantitative estimate of drug-likeness (QED) is 0.868. The van der Waals surface area contributed by atoms with Crippen molar-refractivity contribution >= 4 is 5.82 Å². The van der Waals surface area contributed by atoms with Crippen LogP contribution in [0.4, 0.5) is 10.2 Å². The fourth-order valence-corrected chi connectivity index (χ4v) is 2.64. The van der Waals surface area contributed by atoms with Crippen molar-refractivity contribution in [2.45, 2.75) is 38.6 Å². The molecule has 1 N–H and O–H groups in total. The van der Waals surface area contributed by atoms with E-state index in [4.69, 9.17) is 0 Å². The Hall–Kier alpha value is -1.97. The summed E-state index contributed by atoms with van der Waals surface area (Å²) in [7, 11) is 0. The SMILES string of the molecule is Fc1ccc(CNc2ncnc3c2CCCCC3)cc1. The molecule has 1 heterocycles. The fraction of sp³-hybridized carbons (Fsp3) is 0.375. The molecule has 0 spiro atoms. The Balaban J connectivity index is 1.75. The first-order valence-electron chi connectivity index (χ1n) is 7.14. The molecule has 1 aliphatic carbocycles. The molecule has 1 aromatic heterocycles. The Morgan fingerprint density at radius 1 is 1.00 bits per heavy atom. The first kappa shape index (κ1) is 13.0. The minimum absolute atomic E-state index is 0.204. The molecule has 3 rings (SSSR count). The zero-order valence-corrected chi connectivity index (χ0v) is 11.4. The summed E-state index contributed by atoms with van der Waals surface area (Å²) in [6.45, 7) is 0.656. The maximum Gasteiger partial charge on any atom is 0.133 e. The zero-order valence-electron chi connectivity index (χ0n) is 11.4. The first-order chi connectivity index (χ1) is 9.83. The standard InChI is InChI=1S/C16H18FN3/c17-13-8-6-12(7-9-13)10-18-16-14-4-2-1-3-5-15(14)19-11-20-16/h6-9,11H,1-5,10H2,(H,18,19,20). The Kier molecular flexibility index (Phi) is 3.90. The molecular formula is C16H18FN3. The number of rotatable bonds is 3. The number of anilines is 1. The highest BCUT2D eigenvalue weighted by atomic mass is 19.1. The van der Waals surface area contributed by atoms with Crippen LogP contribution in [0.15, 0.2) is 30.6 Å². The number of nitrogens with one attached hydrogen (secondary N) is 1. The van der Waals surface area contributed by atoms with Crippen LogP contribution in [-0.2, 0) is 19.4 Å². The molecule has 0 saturated carbocycles. The smallest absolute Gasteiger partial charge is 0.133 e. The lowest BCUT2D eigenvalue weighted by Gasteiger charge is -2.12. The molecule has 1 aliphatic rings. The van der Waals surface area contributed by atoms with Crippen molar-refractivity contribution in [1.29, 1.82) is 0 Å². The molecule has 0 bridgehead atoms. The van der Waals surface area contributed by atoms with Crippen molar-refractivity contribution < 1.29 is 4.39 Å². The second-order valence-corrected chi connectivity index (χ2v) is 5.19. The van der Waals surface area contributed by atoms with Crippen molar-refractivity contribution in [1.82, 2.24) is 9.97 Å². The summed E-state index contributed by atoms with van der Waals surface area (Å²) in [5.74, 6) is 0.728. The maximum absolute atomic E-state index is 12.9. The first-order valence-corrected chi connectivity index (χ1v) is 7.14. The van der Waals surface area contributed by atoms with Gasteiger partial charge in [0.25, 0.3) is 0 Å². The molecule has 0 unspecified atom stereocenters. The number of fused-ring (bicyclic) bond motifs is 1. The van der Waals surface area contributed by atoms with Gasteiger partial charge < -0.3 is 5.32 Å². The van der Waals surface area contributed by atoms with Gasteiger partial charge >= 0.3 is 0 Å². The molecule has 2 aromatic rings. The lowest BCUT2D eigenvalue weighted by Crippen LogP contribution is -2.07. The van der Waals surface area contributed by atoms with Crippen LogP contribution in [0.1, 0.15) is 36.1 Å².